The summed E-state index contributed by atoms with van der Waals surface area (Å²) < 4.78 is 18.5. The molecule has 0 atom stereocenters. The zero-order valence-electron chi connectivity index (χ0n) is 17.2. The number of rotatable bonds is 6. The molecule has 5 rings (SSSR count). The molecule has 1 fully saturated rings. The SMILES string of the molecule is CNc1cc(Nc2cc(OC)cc3c2OCCO3)nc2c(NC(=O)NC3CC3)cnn12. The number of hydrogen-bond donors (Lipinski definition) is 4. The van der Waals surface area contributed by atoms with E-state index in [1.165, 1.54) is 0 Å². The van der Waals surface area contributed by atoms with Gasteiger partial charge in [-0.25, -0.2) is 9.78 Å². The van der Waals surface area contributed by atoms with Gasteiger partial charge in [-0.15, -0.1) is 0 Å². The monoisotopic (exact) mass is 425 g/mol. The molecule has 11 heteroatoms. The van der Waals surface area contributed by atoms with Crippen LogP contribution in [-0.2, 0) is 0 Å². The summed E-state index contributed by atoms with van der Waals surface area (Å²) in [6, 6.07) is 5.39. The fourth-order valence-corrected chi connectivity index (χ4v) is 3.34. The predicted octanol–water partition coefficient (Wildman–Crippen LogP) is 2.58. The second-order valence-electron chi connectivity index (χ2n) is 7.27. The predicted molar refractivity (Wildman–Crippen MR) is 115 cm³/mol. The number of ether oxygens (including phenoxy) is 3. The molecule has 0 spiro atoms. The zero-order chi connectivity index (χ0) is 21.4. The van der Waals surface area contributed by atoms with Gasteiger partial charge in [-0.1, -0.05) is 0 Å². The van der Waals surface area contributed by atoms with E-state index in [0.29, 0.717) is 59.1 Å². The van der Waals surface area contributed by atoms with Crippen molar-refractivity contribution in [2.45, 2.75) is 18.9 Å². The molecular formula is C20H23N7O4. The Morgan fingerprint density at radius 3 is 2.81 bits per heavy atom. The highest BCUT2D eigenvalue weighted by molar-refractivity contribution is 5.93. The van der Waals surface area contributed by atoms with E-state index in [2.05, 4.69) is 31.3 Å². The first-order valence-corrected chi connectivity index (χ1v) is 10.0. The van der Waals surface area contributed by atoms with E-state index in [1.807, 2.05) is 12.1 Å². The Morgan fingerprint density at radius 1 is 1.19 bits per heavy atom. The van der Waals surface area contributed by atoms with E-state index < -0.39 is 0 Å². The lowest BCUT2D eigenvalue weighted by Crippen LogP contribution is -2.30. The van der Waals surface area contributed by atoms with Crippen molar-refractivity contribution < 1.29 is 19.0 Å². The highest BCUT2D eigenvalue weighted by atomic mass is 16.6. The van der Waals surface area contributed by atoms with Gasteiger partial charge in [0.2, 0.25) is 0 Å². The van der Waals surface area contributed by atoms with Gasteiger partial charge in [-0.05, 0) is 12.8 Å². The van der Waals surface area contributed by atoms with Crippen LogP contribution in [0.1, 0.15) is 12.8 Å². The summed E-state index contributed by atoms with van der Waals surface area (Å²) in [5, 5.41) is 16.4. The average molecular weight is 425 g/mol. The highest BCUT2D eigenvalue weighted by Gasteiger charge is 2.24. The van der Waals surface area contributed by atoms with Gasteiger partial charge < -0.3 is 35.5 Å². The van der Waals surface area contributed by atoms with E-state index >= 15 is 0 Å². The van der Waals surface area contributed by atoms with Gasteiger partial charge in [0.1, 0.15) is 36.3 Å². The molecule has 1 aromatic carbocycles. The van der Waals surface area contributed by atoms with Gasteiger partial charge in [0, 0.05) is 31.3 Å². The summed E-state index contributed by atoms with van der Waals surface area (Å²) in [6.07, 6.45) is 3.59. The van der Waals surface area contributed by atoms with Crippen LogP contribution in [0.3, 0.4) is 0 Å². The smallest absolute Gasteiger partial charge is 0.319 e. The van der Waals surface area contributed by atoms with Crippen molar-refractivity contribution in [2.24, 2.45) is 0 Å². The van der Waals surface area contributed by atoms with Crippen LogP contribution in [0.5, 0.6) is 17.2 Å². The summed E-state index contributed by atoms with van der Waals surface area (Å²) in [5.74, 6) is 3.05. The second kappa shape index (κ2) is 7.74. The number of fused-ring (bicyclic) bond motifs is 2. The summed E-state index contributed by atoms with van der Waals surface area (Å²) in [5.41, 5.74) is 1.66. The fraction of sp³-hybridized carbons (Fsp3) is 0.350. The normalized spacial score (nSPS) is 14.8. The number of benzene rings is 1. The maximum absolute atomic E-state index is 12.2. The first-order chi connectivity index (χ1) is 15.1. The molecule has 2 aromatic heterocycles. The third kappa shape index (κ3) is 3.81. The molecule has 162 valence electrons. The number of nitrogens with zero attached hydrogens (tertiary/aromatic N) is 3. The Morgan fingerprint density at radius 2 is 2.03 bits per heavy atom. The third-order valence-corrected chi connectivity index (χ3v) is 5.00. The number of carbonyl (C=O) groups excluding carboxylic acids is 1. The Labute approximate surface area is 178 Å². The molecule has 1 aliphatic heterocycles. The van der Waals surface area contributed by atoms with Crippen molar-refractivity contribution in [1.29, 1.82) is 0 Å². The van der Waals surface area contributed by atoms with Crippen molar-refractivity contribution in [3.63, 3.8) is 0 Å². The Hall–Kier alpha value is -3.89. The van der Waals surface area contributed by atoms with Gasteiger partial charge in [-0.2, -0.15) is 9.61 Å². The van der Waals surface area contributed by atoms with Crippen LogP contribution in [0.2, 0.25) is 0 Å². The number of amides is 2. The van der Waals surface area contributed by atoms with Crippen molar-refractivity contribution in [1.82, 2.24) is 19.9 Å². The topological polar surface area (TPSA) is 123 Å². The molecule has 2 aliphatic rings. The van der Waals surface area contributed by atoms with E-state index in [-0.39, 0.29) is 12.1 Å². The summed E-state index contributed by atoms with van der Waals surface area (Å²) >= 11 is 0. The Kier molecular flexibility index (Phi) is 4.77. The van der Waals surface area contributed by atoms with Crippen molar-refractivity contribution in [3.05, 3.63) is 24.4 Å². The van der Waals surface area contributed by atoms with Crippen molar-refractivity contribution >= 4 is 34.7 Å². The second-order valence-corrected chi connectivity index (χ2v) is 7.27. The minimum Gasteiger partial charge on any atom is -0.497 e. The molecule has 2 amide bonds. The maximum atomic E-state index is 12.2. The third-order valence-electron chi connectivity index (χ3n) is 5.00. The number of methoxy groups -OCH3 is 1. The molecule has 4 N–H and O–H groups in total. The van der Waals surface area contributed by atoms with Crippen LogP contribution in [0.25, 0.3) is 5.65 Å². The maximum Gasteiger partial charge on any atom is 0.319 e. The van der Waals surface area contributed by atoms with Gasteiger partial charge in [-0.3, -0.25) is 0 Å². The first-order valence-electron chi connectivity index (χ1n) is 10.0. The number of urea groups is 1. The molecule has 3 heterocycles. The molecule has 0 bridgehead atoms. The van der Waals surface area contributed by atoms with Crippen LogP contribution in [0.4, 0.5) is 27.8 Å². The van der Waals surface area contributed by atoms with E-state index in [0.717, 1.165) is 12.8 Å². The van der Waals surface area contributed by atoms with E-state index in [1.54, 1.807) is 30.9 Å². The van der Waals surface area contributed by atoms with Crippen molar-refractivity contribution in [2.75, 3.05) is 43.3 Å². The van der Waals surface area contributed by atoms with Crippen LogP contribution >= 0.6 is 0 Å². The van der Waals surface area contributed by atoms with Crippen LogP contribution in [0.15, 0.2) is 24.4 Å². The Balaban J connectivity index is 1.50. The molecular weight excluding hydrogens is 402 g/mol. The molecule has 11 nitrogen and oxygen atoms in total. The van der Waals surface area contributed by atoms with E-state index in [9.17, 15) is 4.79 Å². The minimum absolute atomic E-state index is 0.251. The Bertz CT molecular complexity index is 1140. The highest BCUT2D eigenvalue weighted by Crippen LogP contribution is 2.42. The summed E-state index contributed by atoms with van der Waals surface area (Å²) in [7, 11) is 3.38. The lowest BCUT2D eigenvalue weighted by molar-refractivity contribution is 0.172. The number of anilines is 4. The van der Waals surface area contributed by atoms with Crippen LogP contribution in [-0.4, -0.2) is 54.0 Å². The molecule has 0 radical (unpaired) electrons. The molecule has 1 aliphatic carbocycles. The van der Waals surface area contributed by atoms with Gasteiger partial charge in [0.05, 0.1) is 19.0 Å². The van der Waals surface area contributed by atoms with E-state index in [4.69, 9.17) is 14.2 Å². The summed E-state index contributed by atoms with van der Waals surface area (Å²) in [6.45, 7) is 0.927. The molecule has 3 aromatic rings. The fourth-order valence-electron chi connectivity index (χ4n) is 3.34. The number of hydrogen-bond acceptors (Lipinski definition) is 8. The zero-order valence-corrected chi connectivity index (χ0v) is 17.2. The lowest BCUT2D eigenvalue weighted by Gasteiger charge is -2.22. The quantitative estimate of drug-likeness (QED) is 0.475. The van der Waals surface area contributed by atoms with Gasteiger partial charge >= 0.3 is 6.03 Å². The number of nitrogens with one attached hydrogen (secondary N) is 4. The summed E-state index contributed by atoms with van der Waals surface area (Å²) in [4.78, 5) is 16.9. The lowest BCUT2D eigenvalue weighted by atomic mass is 10.2. The molecule has 31 heavy (non-hydrogen) atoms. The van der Waals surface area contributed by atoms with Gasteiger partial charge in [0.25, 0.3) is 0 Å². The van der Waals surface area contributed by atoms with Gasteiger partial charge in [0.15, 0.2) is 17.1 Å². The average Bonchev–Trinajstić information content (AvgIpc) is 3.51. The van der Waals surface area contributed by atoms with Crippen LogP contribution in [0, 0.1) is 0 Å². The largest absolute Gasteiger partial charge is 0.497 e. The number of aromatic nitrogens is 3. The molecule has 0 unspecified atom stereocenters. The van der Waals surface area contributed by atoms with Crippen LogP contribution < -0.4 is 35.5 Å². The number of carbonyl (C=O) groups is 1. The minimum atomic E-state index is -0.268. The molecule has 1 saturated carbocycles. The standard InChI is InChI=1S/C20H23N7O4/c1-21-17-9-16(24-13-7-12(29-2)8-15-18(13)31-6-5-30-15)26-19-14(10-22-27(17)19)25-20(28)23-11-3-4-11/h7-11,21H,3-6H2,1-2H3,(H,24,26)(H2,23,25,28). The first kappa shape index (κ1) is 19.1. The molecule has 0 saturated heterocycles. The van der Waals surface area contributed by atoms with Crippen molar-refractivity contribution in [3.8, 4) is 17.2 Å².